The van der Waals surface area contributed by atoms with E-state index in [0.717, 1.165) is 15.7 Å². The van der Waals surface area contributed by atoms with E-state index in [-0.39, 0.29) is 11.8 Å². The molecule has 1 fully saturated rings. The number of aliphatic carboxylic acids is 1. The number of thioether (sulfide) groups is 1. The number of rotatable bonds is 5. The molecule has 2 N–H and O–H groups in total. The van der Waals surface area contributed by atoms with Crippen molar-refractivity contribution in [3.05, 3.63) is 42.5 Å². The van der Waals surface area contributed by atoms with Crippen LogP contribution >= 0.6 is 11.8 Å². The van der Waals surface area contributed by atoms with Crippen LogP contribution in [0.5, 0.6) is 0 Å². The first-order chi connectivity index (χ1) is 15.7. The zero-order valence-corrected chi connectivity index (χ0v) is 21.4. The summed E-state index contributed by atoms with van der Waals surface area (Å²) in [5.41, 5.74) is -1.35. The Hall–Kier alpha value is -2.74. The largest absolute Gasteiger partial charge is 0.480 e. The number of nitrogens with zero attached hydrogens (tertiary/aromatic N) is 1. The number of ether oxygens (including phenoxy) is 1. The van der Waals surface area contributed by atoms with Gasteiger partial charge in [0.1, 0.15) is 17.7 Å². The molecule has 8 heteroatoms. The van der Waals surface area contributed by atoms with Crippen LogP contribution in [0.15, 0.2) is 47.4 Å². The van der Waals surface area contributed by atoms with Gasteiger partial charge in [0.05, 0.1) is 0 Å². The number of fused-ring (bicyclic) bond motifs is 1. The lowest BCUT2D eigenvalue weighted by Crippen LogP contribution is -2.57. The molecule has 2 amide bonds. The molecule has 0 radical (unpaired) electrons. The summed E-state index contributed by atoms with van der Waals surface area (Å²) in [4.78, 5) is 40.5. The van der Waals surface area contributed by atoms with E-state index in [0.29, 0.717) is 6.42 Å². The van der Waals surface area contributed by atoms with Crippen molar-refractivity contribution in [3.8, 4) is 0 Å². The third-order valence-electron chi connectivity index (χ3n) is 5.63. The van der Waals surface area contributed by atoms with Crippen LogP contribution in [0.3, 0.4) is 0 Å². The van der Waals surface area contributed by atoms with Crippen molar-refractivity contribution in [2.45, 2.75) is 75.8 Å². The van der Waals surface area contributed by atoms with Gasteiger partial charge in [0.15, 0.2) is 0 Å². The maximum absolute atomic E-state index is 13.6. The molecule has 1 aliphatic heterocycles. The lowest BCUT2D eigenvalue weighted by molar-refractivity contribution is -0.150. The van der Waals surface area contributed by atoms with Gasteiger partial charge in [0, 0.05) is 16.7 Å². The standard InChI is InChI=1S/C26H34N2O5S/c1-25(2,3)21(27-24(32)33-26(4,5)6)22(29)28-15-19(14-20(28)23(30)31)34-18-12-11-16-9-7-8-10-17(16)13-18/h7-13,19-21H,14-15H2,1-6H3,(H,27,32)(H,30,31)/t19-,20+,21-/m1/s1. The molecular weight excluding hydrogens is 452 g/mol. The fraction of sp³-hybridized carbons (Fsp3) is 0.500. The molecule has 1 saturated heterocycles. The quantitative estimate of drug-likeness (QED) is 0.622. The predicted molar refractivity (Wildman–Crippen MR) is 134 cm³/mol. The first kappa shape index (κ1) is 25.9. The molecule has 3 rings (SSSR count). The fourth-order valence-electron chi connectivity index (χ4n) is 4.03. The molecule has 2 aromatic carbocycles. The zero-order chi connectivity index (χ0) is 25.3. The summed E-state index contributed by atoms with van der Waals surface area (Å²) < 4.78 is 5.34. The molecule has 0 bridgehead atoms. The van der Waals surface area contributed by atoms with Crippen molar-refractivity contribution in [1.29, 1.82) is 0 Å². The van der Waals surface area contributed by atoms with Crippen LogP contribution in [0.2, 0.25) is 0 Å². The third-order valence-corrected chi connectivity index (χ3v) is 6.83. The minimum Gasteiger partial charge on any atom is -0.480 e. The number of carboxylic acids is 1. The molecule has 1 aliphatic rings. The lowest BCUT2D eigenvalue weighted by atomic mass is 9.85. The van der Waals surface area contributed by atoms with Gasteiger partial charge in [-0.05, 0) is 55.5 Å². The Bertz CT molecular complexity index is 1070. The van der Waals surface area contributed by atoms with Crippen LogP contribution in [-0.4, -0.2) is 57.5 Å². The summed E-state index contributed by atoms with van der Waals surface area (Å²) in [6.45, 7) is 11.0. The van der Waals surface area contributed by atoms with E-state index in [1.165, 1.54) is 4.90 Å². The van der Waals surface area contributed by atoms with Gasteiger partial charge < -0.3 is 20.1 Å². The highest BCUT2D eigenvalue weighted by Crippen LogP contribution is 2.36. The molecule has 0 unspecified atom stereocenters. The first-order valence-electron chi connectivity index (χ1n) is 11.4. The van der Waals surface area contributed by atoms with Crippen LogP contribution in [0.4, 0.5) is 4.79 Å². The predicted octanol–water partition coefficient (Wildman–Crippen LogP) is 4.93. The summed E-state index contributed by atoms with van der Waals surface area (Å²) in [6, 6.07) is 12.3. The van der Waals surface area contributed by atoms with Crippen molar-refractivity contribution < 1.29 is 24.2 Å². The number of nitrogens with one attached hydrogen (secondary N) is 1. The van der Waals surface area contributed by atoms with Gasteiger partial charge in [-0.2, -0.15) is 0 Å². The van der Waals surface area contributed by atoms with Gasteiger partial charge in [-0.3, -0.25) is 4.79 Å². The first-order valence-corrected chi connectivity index (χ1v) is 12.3. The molecule has 34 heavy (non-hydrogen) atoms. The van der Waals surface area contributed by atoms with Crippen LogP contribution in [-0.2, 0) is 14.3 Å². The molecule has 184 valence electrons. The Balaban J connectivity index is 1.78. The van der Waals surface area contributed by atoms with Crippen LogP contribution in [0.25, 0.3) is 10.8 Å². The highest BCUT2D eigenvalue weighted by molar-refractivity contribution is 8.00. The Morgan fingerprint density at radius 2 is 1.71 bits per heavy atom. The summed E-state index contributed by atoms with van der Waals surface area (Å²) in [6.07, 6.45) is -0.365. The smallest absolute Gasteiger partial charge is 0.408 e. The second-order valence-corrected chi connectivity index (χ2v) is 12.1. The number of hydrogen-bond donors (Lipinski definition) is 2. The average molecular weight is 487 g/mol. The monoisotopic (exact) mass is 486 g/mol. The van der Waals surface area contributed by atoms with Crippen LogP contribution < -0.4 is 5.32 Å². The van der Waals surface area contributed by atoms with Gasteiger partial charge in [0.25, 0.3) is 0 Å². The van der Waals surface area contributed by atoms with Gasteiger partial charge in [-0.1, -0.05) is 51.1 Å². The SMILES string of the molecule is CC(C)(C)OC(=O)N[C@H](C(=O)N1C[C@H](Sc2ccc3ccccc3c2)C[C@H]1C(=O)O)C(C)(C)C. The van der Waals surface area contributed by atoms with Gasteiger partial charge in [-0.15, -0.1) is 11.8 Å². The molecule has 3 atom stereocenters. The second-order valence-electron chi connectivity index (χ2n) is 10.8. The van der Waals surface area contributed by atoms with Gasteiger partial charge in [0.2, 0.25) is 5.91 Å². The molecule has 2 aromatic rings. The van der Waals surface area contributed by atoms with E-state index in [2.05, 4.69) is 11.4 Å². The van der Waals surface area contributed by atoms with E-state index in [4.69, 9.17) is 4.74 Å². The number of carbonyl (C=O) groups is 3. The van der Waals surface area contributed by atoms with Crippen molar-refractivity contribution in [2.75, 3.05) is 6.54 Å². The summed E-state index contributed by atoms with van der Waals surface area (Å²) in [5.74, 6) is -1.45. The van der Waals surface area contributed by atoms with E-state index >= 15 is 0 Å². The number of carboxylic acid groups (broad SMARTS) is 1. The Labute approximate surface area is 205 Å². The molecule has 0 spiro atoms. The van der Waals surface area contributed by atoms with Crippen LogP contribution in [0.1, 0.15) is 48.0 Å². The number of benzene rings is 2. The van der Waals surface area contributed by atoms with E-state index in [1.54, 1.807) is 32.5 Å². The Morgan fingerprint density at radius 1 is 1.06 bits per heavy atom. The molecule has 0 aromatic heterocycles. The van der Waals surface area contributed by atoms with E-state index < -0.39 is 41.1 Å². The van der Waals surface area contributed by atoms with Crippen molar-refractivity contribution in [1.82, 2.24) is 10.2 Å². The number of hydrogen-bond acceptors (Lipinski definition) is 5. The van der Waals surface area contributed by atoms with Gasteiger partial charge in [-0.25, -0.2) is 9.59 Å². The third kappa shape index (κ3) is 6.44. The maximum atomic E-state index is 13.6. The average Bonchev–Trinajstić information content (AvgIpc) is 3.13. The lowest BCUT2D eigenvalue weighted by Gasteiger charge is -2.35. The fourth-order valence-corrected chi connectivity index (χ4v) is 5.27. The minimum absolute atomic E-state index is 0.0756. The summed E-state index contributed by atoms with van der Waals surface area (Å²) >= 11 is 1.58. The summed E-state index contributed by atoms with van der Waals surface area (Å²) in [7, 11) is 0. The number of alkyl carbamates (subject to hydrolysis) is 1. The maximum Gasteiger partial charge on any atom is 0.408 e. The zero-order valence-electron chi connectivity index (χ0n) is 20.6. The summed E-state index contributed by atoms with van der Waals surface area (Å²) in [5, 5.41) is 14.7. The number of carbonyl (C=O) groups excluding carboxylic acids is 2. The normalized spacial score (nSPS) is 19.6. The second kappa shape index (κ2) is 9.86. The van der Waals surface area contributed by atoms with Gasteiger partial charge >= 0.3 is 12.1 Å². The molecule has 1 heterocycles. The number of likely N-dealkylation sites (tertiary alicyclic amines) is 1. The molecular formula is C26H34N2O5S. The van der Waals surface area contributed by atoms with E-state index in [1.807, 2.05) is 57.2 Å². The Kier molecular flexibility index (Phi) is 7.50. The molecule has 7 nitrogen and oxygen atoms in total. The molecule has 0 saturated carbocycles. The Morgan fingerprint density at radius 3 is 2.29 bits per heavy atom. The highest BCUT2D eigenvalue weighted by Gasteiger charge is 2.45. The highest BCUT2D eigenvalue weighted by atomic mass is 32.2. The van der Waals surface area contributed by atoms with Crippen molar-refractivity contribution in [3.63, 3.8) is 0 Å². The number of amides is 2. The van der Waals surface area contributed by atoms with Crippen molar-refractivity contribution in [2.24, 2.45) is 5.41 Å². The van der Waals surface area contributed by atoms with E-state index in [9.17, 15) is 19.5 Å². The van der Waals surface area contributed by atoms with Crippen molar-refractivity contribution >= 4 is 40.5 Å². The molecule has 0 aliphatic carbocycles. The minimum atomic E-state index is -1.04. The topological polar surface area (TPSA) is 95.9 Å². The van der Waals surface area contributed by atoms with Crippen LogP contribution in [0, 0.1) is 5.41 Å².